The van der Waals surface area contributed by atoms with Crippen LogP contribution in [0, 0.1) is 0 Å². The summed E-state index contributed by atoms with van der Waals surface area (Å²) in [4.78, 5) is 2.47. The minimum atomic E-state index is -0.744. The number of benzene rings is 1. The summed E-state index contributed by atoms with van der Waals surface area (Å²) in [5, 5.41) is 10.7. The van der Waals surface area contributed by atoms with Gasteiger partial charge in [0.05, 0.1) is 5.60 Å². The highest BCUT2D eigenvalue weighted by molar-refractivity contribution is 5.21. The Morgan fingerprint density at radius 3 is 2.67 bits per heavy atom. The topological polar surface area (TPSA) is 23.5 Å². The minimum absolute atomic E-state index is 0.647. The summed E-state index contributed by atoms with van der Waals surface area (Å²) >= 11 is 0. The SMILES string of the molecule is CCC1CCCCN1CC(C)(O)c1ccccc1. The van der Waals surface area contributed by atoms with E-state index >= 15 is 0 Å². The lowest BCUT2D eigenvalue weighted by atomic mass is 9.92. The van der Waals surface area contributed by atoms with Crippen molar-refractivity contribution in [3.05, 3.63) is 35.9 Å². The summed E-state index contributed by atoms with van der Waals surface area (Å²) in [6, 6.07) is 10.7. The first-order valence-electron chi connectivity index (χ1n) is 7.15. The van der Waals surface area contributed by atoms with E-state index in [4.69, 9.17) is 0 Å². The molecule has 100 valence electrons. The molecule has 0 spiro atoms. The highest BCUT2D eigenvalue weighted by Crippen LogP contribution is 2.26. The van der Waals surface area contributed by atoms with Crippen LogP contribution in [0.5, 0.6) is 0 Å². The molecule has 2 rings (SSSR count). The molecule has 0 aromatic heterocycles. The fraction of sp³-hybridized carbons (Fsp3) is 0.625. The Hall–Kier alpha value is -0.860. The van der Waals surface area contributed by atoms with Crippen molar-refractivity contribution >= 4 is 0 Å². The summed E-state index contributed by atoms with van der Waals surface area (Å²) in [5.41, 5.74) is 0.275. The van der Waals surface area contributed by atoms with Gasteiger partial charge in [0.15, 0.2) is 0 Å². The lowest BCUT2D eigenvalue weighted by Crippen LogP contribution is -2.46. The Morgan fingerprint density at radius 2 is 2.00 bits per heavy atom. The van der Waals surface area contributed by atoms with Crippen molar-refractivity contribution in [2.45, 2.75) is 51.2 Å². The van der Waals surface area contributed by atoms with Crippen LogP contribution in [0.4, 0.5) is 0 Å². The molecule has 1 heterocycles. The first-order chi connectivity index (χ1) is 8.63. The fourth-order valence-electron chi connectivity index (χ4n) is 3.01. The fourth-order valence-corrected chi connectivity index (χ4v) is 3.01. The van der Waals surface area contributed by atoms with Gasteiger partial charge in [0.25, 0.3) is 0 Å². The number of rotatable bonds is 4. The second kappa shape index (κ2) is 5.85. The molecule has 2 nitrogen and oxygen atoms in total. The summed E-state index contributed by atoms with van der Waals surface area (Å²) in [7, 11) is 0. The van der Waals surface area contributed by atoms with E-state index in [-0.39, 0.29) is 0 Å². The number of hydrogen-bond donors (Lipinski definition) is 1. The molecule has 1 saturated heterocycles. The van der Waals surface area contributed by atoms with Gasteiger partial charge in [-0.05, 0) is 38.3 Å². The Bertz CT molecular complexity index is 361. The average molecular weight is 247 g/mol. The van der Waals surface area contributed by atoms with Crippen molar-refractivity contribution in [3.8, 4) is 0 Å². The molecule has 1 aliphatic heterocycles. The summed E-state index contributed by atoms with van der Waals surface area (Å²) in [5.74, 6) is 0. The Labute approximate surface area is 111 Å². The predicted molar refractivity (Wildman–Crippen MR) is 75.5 cm³/mol. The number of likely N-dealkylation sites (tertiary alicyclic amines) is 1. The third-order valence-electron chi connectivity index (χ3n) is 4.13. The lowest BCUT2D eigenvalue weighted by Gasteiger charge is -2.39. The van der Waals surface area contributed by atoms with Crippen LogP contribution < -0.4 is 0 Å². The third-order valence-corrected chi connectivity index (χ3v) is 4.13. The molecule has 0 saturated carbocycles. The maximum atomic E-state index is 10.7. The minimum Gasteiger partial charge on any atom is -0.384 e. The van der Waals surface area contributed by atoms with Crippen molar-refractivity contribution in [1.29, 1.82) is 0 Å². The maximum Gasteiger partial charge on any atom is 0.0994 e. The molecule has 1 aromatic rings. The van der Waals surface area contributed by atoms with Crippen LogP contribution in [0.25, 0.3) is 0 Å². The molecule has 1 N–H and O–H groups in total. The molecule has 1 aliphatic rings. The third kappa shape index (κ3) is 3.12. The summed E-state index contributed by atoms with van der Waals surface area (Å²) in [6.45, 7) is 6.06. The van der Waals surface area contributed by atoms with Crippen molar-refractivity contribution in [3.63, 3.8) is 0 Å². The molecule has 1 aromatic carbocycles. The van der Waals surface area contributed by atoms with E-state index in [1.165, 1.54) is 25.7 Å². The van der Waals surface area contributed by atoms with Gasteiger partial charge in [0.1, 0.15) is 0 Å². The Balaban J connectivity index is 2.07. The molecule has 2 unspecified atom stereocenters. The lowest BCUT2D eigenvalue weighted by molar-refractivity contribution is -0.00796. The smallest absolute Gasteiger partial charge is 0.0994 e. The van der Waals surface area contributed by atoms with Crippen LogP contribution in [-0.4, -0.2) is 29.1 Å². The molecule has 1 fully saturated rings. The van der Waals surface area contributed by atoms with Crippen LogP contribution in [0.15, 0.2) is 30.3 Å². The molecular weight excluding hydrogens is 222 g/mol. The van der Waals surface area contributed by atoms with Crippen molar-refractivity contribution < 1.29 is 5.11 Å². The largest absolute Gasteiger partial charge is 0.384 e. The first kappa shape index (κ1) is 13.6. The van der Waals surface area contributed by atoms with Crippen LogP contribution in [-0.2, 0) is 5.60 Å². The van der Waals surface area contributed by atoms with Gasteiger partial charge in [-0.15, -0.1) is 0 Å². The summed E-state index contributed by atoms with van der Waals surface area (Å²) in [6.07, 6.45) is 5.07. The van der Waals surface area contributed by atoms with Crippen molar-refractivity contribution in [2.75, 3.05) is 13.1 Å². The molecule has 0 bridgehead atoms. The van der Waals surface area contributed by atoms with Crippen molar-refractivity contribution in [1.82, 2.24) is 4.90 Å². The van der Waals surface area contributed by atoms with Crippen LogP contribution >= 0.6 is 0 Å². The van der Waals surface area contributed by atoms with E-state index in [9.17, 15) is 5.11 Å². The van der Waals surface area contributed by atoms with Crippen molar-refractivity contribution in [2.24, 2.45) is 0 Å². The van der Waals surface area contributed by atoms with Gasteiger partial charge < -0.3 is 5.11 Å². The number of hydrogen-bond acceptors (Lipinski definition) is 2. The van der Waals surface area contributed by atoms with E-state index in [1.807, 2.05) is 37.3 Å². The Kier molecular flexibility index (Phi) is 4.41. The highest BCUT2D eigenvalue weighted by atomic mass is 16.3. The zero-order valence-electron chi connectivity index (χ0n) is 11.6. The van der Waals surface area contributed by atoms with Crippen LogP contribution in [0.2, 0.25) is 0 Å². The molecule has 18 heavy (non-hydrogen) atoms. The van der Waals surface area contributed by atoms with Crippen LogP contribution in [0.3, 0.4) is 0 Å². The number of piperidine rings is 1. The zero-order valence-corrected chi connectivity index (χ0v) is 11.6. The van der Waals surface area contributed by atoms with E-state index in [0.717, 1.165) is 18.7 Å². The van der Waals surface area contributed by atoms with Gasteiger partial charge in [-0.1, -0.05) is 43.7 Å². The van der Waals surface area contributed by atoms with Gasteiger partial charge in [0, 0.05) is 12.6 Å². The Morgan fingerprint density at radius 1 is 1.28 bits per heavy atom. The maximum absolute atomic E-state index is 10.7. The van der Waals surface area contributed by atoms with Gasteiger partial charge in [-0.2, -0.15) is 0 Å². The van der Waals surface area contributed by atoms with Gasteiger partial charge in [-0.25, -0.2) is 0 Å². The monoisotopic (exact) mass is 247 g/mol. The van der Waals surface area contributed by atoms with Gasteiger partial charge in [0.2, 0.25) is 0 Å². The standard InChI is InChI=1S/C16H25NO/c1-3-15-11-7-8-12-17(15)13-16(2,18)14-9-5-4-6-10-14/h4-6,9-10,15,18H,3,7-8,11-13H2,1-2H3. The van der Waals surface area contributed by atoms with Crippen LogP contribution in [0.1, 0.15) is 45.1 Å². The number of aliphatic hydroxyl groups is 1. The van der Waals surface area contributed by atoms with Gasteiger partial charge in [-0.3, -0.25) is 4.90 Å². The predicted octanol–water partition coefficient (Wildman–Crippen LogP) is 3.16. The zero-order chi connectivity index (χ0) is 13.0. The van der Waals surface area contributed by atoms with E-state index in [2.05, 4.69) is 11.8 Å². The second-order valence-corrected chi connectivity index (χ2v) is 5.67. The number of nitrogens with zero attached hydrogens (tertiary/aromatic N) is 1. The van der Waals surface area contributed by atoms with E-state index < -0.39 is 5.60 Å². The molecule has 0 amide bonds. The molecule has 2 atom stereocenters. The molecule has 0 radical (unpaired) electrons. The second-order valence-electron chi connectivity index (χ2n) is 5.67. The normalized spacial score (nSPS) is 24.7. The highest BCUT2D eigenvalue weighted by Gasteiger charge is 2.30. The van der Waals surface area contributed by atoms with E-state index in [0.29, 0.717) is 6.04 Å². The molecular formula is C16H25NO. The average Bonchev–Trinajstić information content (AvgIpc) is 2.40. The van der Waals surface area contributed by atoms with Gasteiger partial charge >= 0.3 is 0 Å². The first-order valence-corrected chi connectivity index (χ1v) is 7.15. The summed E-state index contributed by atoms with van der Waals surface area (Å²) < 4.78 is 0. The molecule has 2 heteroatoms. The van der Waals surface area contributed by atoms with E-state index in [1.54, 1.807) is 0 Å². The number of β-amino-alcohol motifs (C(OH)–C–C–N with tert-alkyl or cyclic N) is 1. The quantitative estimate of drug-likeness (QED) is 0.883. The molecule has 0 aliphatic carbocycles.